The molecule has 2 aromatic rings. The molecule has 0 radical (unpaired) electrons. The van der Waals surface area contributed by atoms with Crippen molar-refractivity contribution in [3.63, 3.8) is 0 Å². The summed E-state index contributed by atoms with van der Waals surface area (Å²) in [6.07, 6.45) is 0. The zero-order chi connectivity index (χ0) is 13.1. The van der Waals surface area contributed by atoms with Gasteiger partial charge in [0.1, 0.15) is 0 Å². The second kappa shape index (κ2) is 5.43. The third kappa shape index (κ3) is 2.35. The molecule has 6 heteroatoms. The summed E-state index contributed by atoms with van der Waals surface area (Å²) >= 11 is 1.50. The molecule has 1 heterocycles. The minimum Gasteiger partial charge on any atom is -0.494 e. The quantitative estimate of drug-likeness (QED) is 0.658. The molecule has 0 aliphatic rings. The number of benzene rings is 1. The molecule has 0 spiro atoms. The molecule has 4 nitrogen and oxygen atoms in total. The minimum atomic E-state index is -0.481. The number of ether oxygens (including phenoxy) is 1. The van der Waals surface area contributed by atoms with Crippen LogP contribution in [0.3, 0.4) is 0 Å². The largest absolute Gasteiger partial charge is 0.494 e. The molecule has 1 aromatic heterocycles. The number of hydrogen-bond acceptors (Lipinski definition) is 5. The molecular weight excluding hydrogens is 253 g/mol. The summed E-state index contributed by atoms with van der Waals surface area (Å²) in [5, 5.41) is 2.77. The van der Waals surface area contributed by atoms with Crippen molar-refractivity contribution in [3.05, 3.63) is 45.7 Å². The third-order valence-corrected chi connectivity index (χ3v) is 3.42. The summed E-state index contributed by atoms with van der Waals surface area (Å²) in [5.74, 6) is 5.29. The first-order chi connectivity index (χ1) is 8.67. The first kappa shape index (κ1) is 12.9. The predicted molar refractivity (Wildman–Crippen MR) is 69.0 cm³/mol. The van der Waals surface area contributed by atoms with Crippen LogP contribution in [0.1, 0.15) is 22.3 Å². The van der Waals surface area contributed by atoms with Crippen LogP contribution in [0, 0.1) is 12.7 Å². The number of methoxy groups -OCH3 is 1. The van der Waals surface area contributed by atoms with Gasteiger partial charge in [-0.25, -0.2) is 14.8 Å². The fourth-order valence-corrected chi connectivity index (χ4v) is 2.39. The lowest BCUT2D eigenvalue weighted by atomic mass is 10.0. The van der Waals surface area contributed by atoms with Gasteiger partial charge in [0.15, 0.2) is 11.6 Å². The van der Waals surface area contributed by atoms with E-state index in [2.05, 4.69) is 10.4 Å². The van der Waals surface area contributed by atoms with Gasteiger partial charge in [-0.15, -0.1) is 11.3 Å². The zero-order valence-electron chi connectivity index (χ0n) is 10.1. The molecule has 1 aromatic carbocycles. The van der Waals surface area contributed by atoms with Crippen molar-refractivity contribution in [1.29, 1.82) is 0 Å². The van der Waals surface area contributed by atoms with Crippen LogP contribution < -0.4 is 16.0 Å². The van der Waals surface area contributed by atoms with Gasteiger partial charge in [0, 0.05) is 10.9 Å². The number of nitrogens with one attached hydrogen (secondary N) is 1. The Bertz CT molecular complexity index is 544. The molecule has 18 heavy (non-hydrogen) atoms. The molecule has 1 atom stereocenters. The van der Waals surface area contributed by atoms with E-state index in [1.807, 2.05) is 12.3 Å². The summed E-state index contributed by atoms with van der Waals surface area (Å²) in [7, 11) is 1.43. The molecule has 0 aliphatic heterocycles. The van der Waals surface area contributed by atoms with Gasteiger partial charge in [0.2, 0.25) is 0 Å². The molecule has 0 aliphatic carbocycles. The predicted octanol–water partition coefficient (Wildman–Crippen LogP) is 2.15. The summed E-state index contributed by atoms with van der Waals surface area (Å²) in [6, 6.07) is 4.47. The van der Waals surface area contributed by atoms with Gasteiger partial charge < -0.3 is 4.74 Å². The van der Waals surface area contributed by atoms with Crippen molar-refractivity contribution < 1.29 is 9.13 Å². The summed E-state index contributed by atoms with van der Waals surface area (Å²) < 4.78 is 19.1. The number of rotatable bonds is 4. The number of nitrogens with two attached hydrogens (primary N) is 1. The van der Waals surface area contributed by atoms with Gasteiger partial charge in [-0.05, 0) is 13.0 Å². The molecule has 2 rings (SSSR count). The van der Waals surface area contributed by atoms with Crippen molar-refractivity contribution in [3.8, 4) is 5.75 Å². The molecule has 1 unspecified atom stereocenters. The molecular formula is C12H14FN3OS. The Labute approximate surface area is 109 Å². The van der Waals surface area contributed by atoms with Crippen molar-refractivity contribution in [1.82, 2.24) is 10.4 Å². The van der Waals surface area contributed by atoms with E-state index in [-0.39, 0.29) is 5.75 Å². The van der Waals surface area contributed by atoms with E-state index in [1.165, 1.54) is 18.4 Å². The zero-order valence-corrected chi connectivity index (χ0v) is 10.9. The van der Waals surface area contributed by atoms with Crippen LogP contribution >= 0.6 is 11.3 Å². The fraction of sp³-hybridized carbons (Fsp3) is 0.250. The second-order valence-electron chi connectivity index (χ2n) is 3.75. The molecule has 0 amide bonds. The Hall–Kier alpha value is -1.50. The Balaban J connectivity index is 2.45. The number of thiazole rings is 1. The van der Waals surface area contributed by atoms with Crippen LogP contribution in [0.15, 0.2) is 23.6 Å². The van der Waals surface area contributed by atoms with Gasteiger partial charge in [-0.2, -0.15) is 0 Å². The lowest BCUT2D eigenvalue weighted by molar-refractivity contribution is 0.381. The number of aryl methyl sites for hydroxylation is 1. The van der Waals surface area contributed by atoms with Crippen molar-refractivity contribution in [2.24, 2.45) is 5.84 Å². The van der Waals surface area contributed by atoms with Crippen LogP contribution in [0.4, 0.5) is 4.39 Å². The standard InChI is InChI=1S/C12H14FN3OS/c1-7-15-9(6-18-7)12(16-14)8-4-3-5-10(17-2)11(8)13/h3-6,12,16H,14H2,1-2H3. The van der Waals surface area contributed by atoms with Crippen molar-refractivity contribution >= 4 is 11.3 Å². The van der Waals surface area contributed by atoms with Crippen LogP contribution in [0.25, 0.3) is 0 Å². The van der Waals surface area contributed by atoms with Crippen LogP contribution in [-0.4, -0.2) is 12.1 Å². The summed E-state index contributed by atoms with van der Waals surface area (Å²) in [6.45, 7) is 1.89. The summed E-state index contributed by atoms with van der Waals surface area (Å²) in [4.78, 5) is 4.32. The highest BCUT2D eigenvalue weighted by atomic mass is 32.1. The normalized spacial score (nSPS) is 12.4. The number of halogens is 1. The van der Waals surface area contributed by atoms with Crippen molar-refractivity contribution in [2.75, 3.05) is 7.11 Å². The van der Waals surface area contributed by atoms with Crippen LogP contribution in [0.5, 0.6) is 5.75 Å². The van der Waals surface area contributed by atoms with Gasteiger partial charge in [-0.3, -0.25) is 5.84 Å². The SMILES string of the molecule is COc1cccc(C(NN)c2csc(C)n2)c1F. The fourth-order valence-electron chi connectivity index (χ4n) is 1.76. The van der Waals surface area contributed by atoms with Gasteiger partial charge >= 0.3 is 0 Å². The number of hydrazine groups is 1. The van der Waals surface area contributed by atoms with Gasteiger partial charge in [-0.1, -0.05) is 12.1 Å². The molecule has 96 valence electrons. The highest BCUT2D eigenvalue weighted by Gasteiger charge is 2.21. The van der Waals surface area contributed by atoms with Crippen LogP contribution in [0.2, 0.25) is 0 Å². The lowest BCUT2D eigenvalue weighted by Gasteiger charge is -2.16. The monoisotopic (exact) mass is 267 g/mol. The maximum atomic E-state index is 14.2. The van der Waals surface area contributed by atoms with Crippen molar-refractivity contribution in [2.45, 2.75) is 13.0 Å². The van der Waals surface area contributed by atoms with E-state index >= 15 is 0 Å². The smallest absolute Gasteiger partial charge is 0.170 e. The van der Waals surface area contributed by atoms with Gasteiger partial charge in [0.25, 0.3) is 0 Å². The first-order valence-electron chi connectivity index (χ1n) is 5.38. The number of nitrogens with zero attached hydrogens (tertiary/aromatic N) is 1. The molecule has 0 fully saturated rings. The molecule has 0 saturated carbocycles. The summed E-state index contributed by atoms with van der Waals surface area (Å²) in [5.41, 5.74) is 3.71. The van der Waals surface area contributed by atoms with E-state index in [4.69, 9.17) is 10.6 Å². The first-order valence-corrected chi connectivity index (χ1v) is 6.26. The minimum absolute atomic E-state index is 0.194. The van der Waals surface area contributed by atoms with E-state index in [0.717, 1.165) is 5.01 Å². The average Bonchev–Trinajstić information content (AvgIpc) is 2.79. The van der Waals surface area contributed by atoms with E-state index in [1.54, 1.807) is 18.2 Å². The maximum absolute atomic E-state index is 14.2. The van der Waals surface area contributed by atoms with Gasteiger partial charge in [0.05, 0.1) is 23.9 Å². The molecule has 0 saturated heterocycles. The van der Waals surface area contributed by atoms with E-state index < -0.39 is 11.9 Å². The third-order valence-electron chi connectivity index (χ3n) is 2.62. The molecule has 3 N–H and O–H groups in total. The Morgan fingerprint density at radius 1 is 1.50 bits per heavy atom. The van der Waals surface area contributed by atoms with E-state index in [9.17, 15) is 4.39 Å². The highest BCUT2D eigenvalue weighted by molar-refractivity contribution is 7.09. The van der Waals surface area contributed by atoms with E-state index in [0.29, 0.717) is 11.3 Å². The Kier molecular flexibility index (Phi) is 3.90. The topological polar surface area (TPSA) is 60.2 Å². The maximum Gasteiger partial charge on any atom is 0.170 e. The average molecular weight is 267 g/mol. The Morgan fingerprint density at radius 2 is 2.28 bits per heavy atom. The number of aromatic nitrogens is 1. The highest BCUT2D eigenvalue weighted by Crippen LogP contribution is 2.29. The number of hydrogen-bond donors (Lipinski definition) is 2. The molecule has 0 bridgehead atoms. The van der Waals surface area contributed by atoms with Crippen LogP contribution in [-0.2, 0) is 0 Å². The Morgan fingerprint density at radius 3 is 2.83 bits per heavy atom. The second-order valence-corrected chi connectivity index (χ2v) is 4.82. The lowest BCUT2D eigenvalue weighted by Crippen LogP contribution is -2.29.